The lowest BCUT2D eigenvalue weighted by atomic mass is 10.2. The fourth-order valence-electron chi connectivity index (χ4n) is 2.70. The fourth-order valence-corrected chi connectivity index (χ4v) is 2.98. The largest absolute Gasteiger partial charge is 0.353 e. The lowest BCUT2D eigenvalue weighted by Crippen LogP contribution is -2.47. The molecule has 6 nitrogen and oxygen atoms in total. The van der Waals surface area contributed by atoms with E-state index in [1.54, 1.807) is 18.6 Å². The maximum atomic E-state index is 8.89. The topological polar surface area (TPSA) is 68.9 Å². The molecule has 7 heteroatoms. The first-order chi connectivity index (χ1) is 11.1. The van der Waals surface area contributed by atoms with Crippen molar-refractivity contribution in [3.05, 3.63) is 40.4 Å². The van der Waals surface area contributed by atoms with Gasteiger partial charge in [-0.15, -0.1) is 0 Å². The van der Waals surface area contributed by atoms with Gasteiger partial charge in [-0.25, -0.2) is 15.0 Å². The third-order valence-corrected chi connectivity index (χ3v) is 4.42. The molecule has 0 spiro atoms. The number of pyridine rings is 1. The Morgan fingerprint density at radius 2 is 1.70 bits per heavy atom. The Hall–Kier alpha value is -2.39. The molecule has 0 saturated carbocycles. The molecule has 0 radical (unpaired) electrons. The number of anilines is 2. The SMILES string of the molecule is Cc1ncnc(N2CCN(c3ncc(C#N)cc3Cl)CC2)c1C. The Morgan fingerprint density at radius 3 is 2.30 bits per heavy atom. The normalized spacial score (nSPS) is 14.7. The molecule has 0 aliphatic carbocycles. The second-order valence-electron chi connectivity index (χ2n) is 5.52. The Bertz CT molecular complexity index is 762. The van der Waals surface area contributed by atoms with Crippen LogP contribution < -0.4 is 9.80 Å². The molecule has 0 atom stereocenters. The summed E-state index contributed by atoms with van der Waals surface area (Å²) in [5.41, 5.74) is 2.61. The van der Waals surface area contributed by atoms with Crippen molar-refractivity contribution in [2.45, 2.75) is 13.8 Å². The van der Waals surface area contributed by atoms with Crippen molar-refractivity contribution in [2.24, 2.45) is 0 Å². The van der Waals surface area contributed by atoms with Gasteiger partial charge in [0.2, 0.25) is 0 Å². The van der Waals surface area contributed by atoms with Gasteiger partial charge >= 0.3 is 0 Å². The second-order valence-corrected chi connectivity index (χ2v) is 5.93. The van der Waals surface area contributed by atoms with E-state index in [4.69, 9.17) is 16.9 Å². The fraction of sp³-hybridized carbons (Fsp3) is 0.375. The van der Waals surface area contributed by atoms with E-state index in [1.165, 1.54) is 0 Å². The van der Waals surface area contributed by atoms with Crippen LogP contribution in [0.1, 0.15) is 16.8 Å². The predicted molar refractivity (Wildman–Crippen MR) is 89.9 cm³/mol. The van der Waals surface area contributed by atoms with E-state index in [9.17, 15) is 0 Å². The van der Waals surface area contributed by atoms with Gasteiger partial charge in [-0.2, -0.15) is 5.26 Å². The molecular weight excluding hydrogens is 312 g/mol. The number of aryl methyl sites for hydroxylation is 1. The van der Waals surface area contributed by atoms with Crippen molar-refractivity contribution >= 4 is 23.2 Å². The smallest absolute Gasteiger partial charge is 0.147 e. The Kier molecular flexibility index (Phi) is 4.30. The molecule has 3 rings (SSSR count). The molecule has 23 heavy (non-hydrogen) atoms. The molecule has 118 valence electrons. The van der Waals surface area contributed by atoms with E-state index >= 15 is 0 Å². The highest BCUT2D eigenvalue weighted by molar-refractivity contribution is 6.33. The molecule has 1 fully saturated rings. The van der Waals surface area contributed by atoms with E-state index in [0.717, 1.165) is 49.1 Å². The minimum Gasteiger partial charge on any atom is -0.353 e. The molecule has 0 unspecified atom stereocenters. The zero-order valence-corrected chi connectivity index (χ0v) is 13.9. The van der Waals surface area contributed by atoms with Crippen LogP contribution >= 0.6 is 11.6 Å². The van der Waals surface area contributed by atoms with Crippen LogP contribution in [-0.4, -0.2) is 41.1 Å². The minimum atomic E-state index is 0.476. The lowest BCUT2D eigenvalue weighted by molar-refractivity contribution is 0.639. The van der Waals surface area contributed by atoms with E-state index in [2.05, 4.69) is 37.7 Å². The standard InChI is InChI=1S/C16H17ClN6/c1-11-12(2)20-10-21-15(11)22-3-5-23(6-4-22)16-14(17)7-13(8-18)9-19-16/h7,9-10H,3-6H2,1-2H3. The summed E-state index contributed by atoms with van der Waals surface area (Å²) in [5, 5.41) is 9.41. The third kappa shape index (κ3) is 3.06. The summed E-state index contributed by atoms with van der Waals surface area (Å²) >= 11 is 6.25. The third-order valence-electron chi connectivity index (χ3n) is 4.14. The minimum absolute atomic E-state index is 0.476. The predicted octanol–water partition coefficient (Wildman–Crippen LogP) is 2.34. The van der Waals surface area contributed by atoms with Crippen LogP contribution in [0.15, 0.2) is 18.6 Å². The van der Waals surface area contributed by atoms with Crippen LogP contribution in [0.3, 0.4) is 0 Å². The van der Waals surface area contributed by atoms with Gasteiger partial charge in [0.05, 0.1) is 10.6 Å². The van der Waals surface area contributed by atoms with Crippen molar-refractivity contribution < 1.29 is 0 Å². The monoisotopic (exact) mass is 328 g/mol. The molecular formula is C16H17ClN6. The highest BCUT2D eigenvalue weighted by Crippen LogP contribution is 2.26. The van der Waals surface area contributed by atoms with Crippen LogP contribution in [0, 0.1) is 25.2 Å². The van der Waals surface area contributed by atoms with Crippen LogP contribution in [-0.2, 0) is 0 Å². The molecule has 0 N–H and O–H groups in total. The zero-order valence-electron chi connectivity index (χ0n) is 13.1. The number of hydrogen-bond acceptors (Lipinski definition) is 6. The summed E-state index contributed by atoms with van der Waals surface area (Å²) in [4.78, 5) is 17.4. The molecule has 2 aromatic heterocycles. The molecule has 1 aliphatic heterocycles. The van der Waals surface area contributed by atoms with Gasteiger partial charge in [-0.3, -0.25) is 0 Å². The highest BCUT2D eigenvalue weighted by atomic mass is 35.5. The van der Waals surface area contributed by atoms with Crippen molar-refractivity contribution in [1.29, 1.82) is 5.26 Å². The average molecular weight is 329 g/mol. The summed E-state index contributed by atoms with van der Waals surface area (Å²) in [6.45, 7) is 7.35. The average Bonchev–Trinajstić information content (AvgIpc) is 2.57. The first-order valence-electron chi connectivity index (χ1n) is 7.44. The van der Waals surface area contributed by atoms with Gasteiger partial charge in [-0.1, -0.05) is 11.6 Å². The maximum Gasteiger partial charge on any atom is 0.147 e. The first-order valence-corrected chi connectivity index (χ1v) is 7.81. The quantitative estimate of drug-likeness (QED) is 0.842. The summed E-state index contributed by atoms with van der Waals surface area (Å²) in [6, 6.07) is 3.71. The number of hydrogen-bond donors (Lipinski definition) is 0. The molecule has 3 heterocycles. The van der Waals surface area contributed by atoms with Crippen molar-refractivity contribution in [3.63, 3.8) is 0 Å². The Labute approximate surface area is 140 Å². The summed E-state index contributed by atoms with van der Waals surface area (Å²) in [5.74, 6) is 1.73. The van der Waals surface area contributed by atoms with E-state index in [1.807, 2.05) is 6.92 Å². The van der Waals surface area contributed by atoms with Crippen LogP contribution in [0.2, 0.25) is 5.02 Å². The van der Waals surface area contributed by atoms with Gasteiger partial charge in [0.1, 0.15) is 24.0 Å². The van der Waals surface area contributed by atoms with Crippen LogP contribution in [0.25, 0.3) is 0 Å². The van der Waals surface area contributed by atoms with Crippen LogP contribution in [0.4, 0.5) is 11.6 Å². The summed E-state index contributed by atoms with van der Waals surface area (Å²) in [6.07, 6.45) is 3.18. The van der Waals surface area contributed by atoms with Gasteiger partial charge in [0.25, 0.3) is 0 Å². The molecule has 1 saturated heterocycles. The highest BCUT2D eigenvalue weighted by Gasteiger charge is 2.22. The Morgan fingerprint density at radius 1 is 1.04 bits per heavy atom. The summed E-state index contributed by atoms with van der Waals surface area (Å²) < 4.78 is 0. The van der Waals surface area contributed by atoms with E-state index < -0.39 is 0 Å². The molecule has 0 amide bonds. The van der Waals surface area contributed by atoms with Crippen LogP contribution in [0.5, 0.6) is 0 Å². The zero-order chi connectivity index (χ0) is 16.4. The van der Waals surface area contributed by atoms with E-state index in [0.29, 0.717) is 10.6 Å². The van der Waals surface area contributed by atoms with Crippen molar-refractivity contribution in [3.8, 4) is 6.07 Å². The van der Waals surface area contributed by atoms with Gasteiger partial charge < -0.3 is 9.80 Å². The number of halogens is 1. The van der Waals surface area contributed by atoms with Gasteiger partial charge in [0, 0.05) is 43.6 Å². The molecule has 0 aromatic carbocycles. The number of nitrogens with zero attached hydrogens (tertiary/aromatic N) is 6. The Balaban J connectivity index is 1.74. The number of nitriles is 1. The lowest BCUT2D eigenvalue weighted by Gasteiger charge is -2.37. The van der Waals surface area contributed by atoms with Crippen molar-refractivity contribution in [1.82, 2.24) is 15.0 Å². The number of piperazine rings is 1. The molecule has 0 bridgehead atoms. The van der Waals surface area contributed by atoms with E-state index in [-0.39, 0.29) is 0 Å². The first kappa shape index (κ1) is 15.5. The second kappa shape index (κ2) is 6.39. The van der Waals surface area contributed by atoms with Gasteiger partial charge in [-0.05, 0) is 19.9 Å². The van der Waals surface area contributed by atoms with Crippen molar-refractivity contribution in [2.75, 3.05) is 36.0 Å². The molecule has 1 aliphatic rings. The maximum absolute atomic E-state index is 8.89. The summed E-state index contributed by atoms with van der Waals surface area (Å²) in [7, 11) is 0. The van der Waals surface area contributed by atoms with Gasteiger partial charge in [0.15, 0.2) is 0 Å². The number of aromatic nitrogens is 3. The number of rotatable bonds is 2. The molecule has 2 aromatic rings.